The number of carbonyl (C=O) groups excluding carboxylic acids is 2. The van der Waals surface area contributed by atoms with E-state index in [1.54, 1.807) is 39.4 Å². The summed E-state index contributed by atoms with van der Waals surface area (Å²) in [5.74, 6) is 0.0354. The predicted molar refractivity (Wildman–Crippen MR) is 128 cm³/mol. The van der Waals surface area contributed by atoms with Crippen LogP contribution in [0.15, 0.2) is 53.9 Å². The van der Waals surface area contributed by atoms with Gasteiger partial charge in [-0.2, -0.15) is 5.26 Å². The van der Waals surface area contributed by atoms with E-state index in [0.717, 1.165) is 11.4 Å². The van der Waals surface area contributed by atoms with Crippen LogP contribution in [0.1, 0.15) is 12.8 Å². The van der Waals surface area contributed by atoms with Crippen molar-refractivity contribution in [3.63, 3.8) is 0 Å². The quantitative estimate of drug-likeness (QED) is 0.338. The minimum atomic E-state index is -0.406. The van der Waals surface area contributed by atoms with Crippen molar-refractivity contribution < 1.29 is 19.1 Å². The molecule has 1 amide bonds. The molecule has 0 fully saturated rings. The Bertz CT molecular complexity index is 1090. The van der Waals surface area contributed by atoms with E-state index in [0.29, 0.717) is 28.9 Å². The number of nitriles is 1. The lowest BCUT2D eigenvalue weighted by Gasteiger charge is -2.20. The number of anilines is 3. The molecule has 0 atom stereocenters. The second-order valence-electron chi connectivity index (χ2n) is 7.35. The minimum Gasteiger partial charge on any atom is -0.487 e. The number of hydrogen-bond donors (Lipinski definition) is 1. The number of halogens is 1. The summed E-state index contributed by atoms with van der Waals surface area (Å²) in [5, 5.41) is 12.8. The molecule has 0 unspecified atom stereocenters. The first-order chi connectivity index (χ1) is 15.9. The summed E-state index contributed by atoms with van der Waals surface area (Å²) < 4.78 is 10.6. The summed E-state index contributed by atoms with van der Waals surface area (Å²) in [7, 11) is 5.17. The van der Waals surface area contributed by atoms with E-state index in [2.05, 4.69) is 5.32 Å². The van der Waals surface area contributed by atoms with Crippen LogP contribution in [0.25, 0.3) is 0 Å². The van der Waals surface area contributed by atoms with Crippen molar-refractivity contribution in [1.82, 2.24) is 0 Å². The lowest BCUT2D eigenvalue weighted by atomic mass is 10.1. The fourth-order valence-corrected chi connectivity index (χ4v) is 3.83. The predicted octanol–water partition coefficient (Wildman–Crippen LogP) is 3.97. The van der Waals surface area contributed by atoms with Gasteiger partial charge in [-0.15, -0.1) is 0 Å². The maximum Gasteiger partial charge on any atom is 0.224 e. The number of fused-ring (bicyclic) bond motifs is 1. The van der Waals surface area contributed by atoms with Crippen molar-refractivity contribution in [2.45, 2.75) is 12.8 Å². The molecular weight excluding hydrogens is 444 g/mol. The van der Waals surface area contributed by atoms with E-state index in [1.807, 2.05) is 40.1 Å². The van der Waals surface area contributed by atoms with E-state index in [9.17, 15) is 14.9 Å². The zero-order valence-electron chi connectivity index (χ0n) is 18.7. The van der Waals surface area contributed by atoms with Gasteiger partial charge in [-0.25, -0.2) is 0 Å². The van der Waals surface area contributed by atoms with Gasteiger partial charge >= 0.3 is 0 Å². The summed E-state index contributed by atoms with van der Waals surface area (Å²) in [6.45, 7) is 0.635. The molecule has 0 bridgehead atoms. The van der Waals surface area contributed by atoms with Crippen LogP contribution in [-0.2, 0) is 14.3 Å². The second-order valence-corrected chi connectivity index (χ2v) is 7.75. The standard InChI is InChI=1S/C24H25ClN4O4/c1-28-19-9-4-5-10-20(19)29(2)24(28)16(15-26)21(30)11-12-22(31)27-18-8-6-7-17(25)23(18)33-14-13-32-3/h4-10H,11-14H2,1-3H3,(H,27,31). The van der Waals surface area contributed by atoms with Crippen LogP contribution in [0.3, 0.4) is 0 Å². The lowest BCUT2D eigenvalue weighted by Crippen LogP contribution is -2.26. The monoisotopic (exact) mass is 468 g/mol. The van der Waals surface area contributed by atoms with Crippen LogP contribution in [0.4, 0.5) is 17.1 Å². The number of Topliss-reactive ketones (excluding diaryl/α,β-unsaturated/α-hetero) is 1. The van der Waals surface area contributed by atoms with Crippen LogP contribution in [0.5, 0.6) is 5.75 Å². The molecule has 3 rings (SSSR count). The van der Waals surface area contributed by atoms with E-state index in [4.69, 9.17) is 21.1 Å². The van der Waals surface area contributed by atoms with Gasteiger partial charge in [-0.05, 0) is 24.3 Å². The van der Waals surface area contributed by atoms with E-state index < -0.39 is 5.78 Å². The van der Waals surface area contributed by atoms with Gasteiger partial charge in [0.2, 0.25) is 5.91 Å². The molecular formula is C24H25ClN4O4. The molecule has 9 heteroatoms. The summed E-state index contributed by atoms with van der Waals surface area (Å²) >= 11 is 6.20. The third-order valence-electron chi connectivity index (χ3n) is 5.21. The minimum absolute atomic E-state index is 0.00958. The number of hydrogen-bond acceptors (Lipinski definition) is 7. The van der Waals surface area contributed by atoms with Gasteiger partial charge in [0.05, 0.1) is 28.7 Å². The normalized spacial score (nSPS) is 12.3. The molecule has 2 aromatic rings. The highest BCUT2D eigenvalue weighted by Gasteiger charge is 2.31. The van der Waals surface area contributed by atoms with Crippen molar-refractivity contribution in [2.75, 3.05) is 49.5 Å². The maximum absolute atomic E-state index is 12.9. The highest BCUT2D eigenvalue weighted by Crippen LogP contribution is 2.40. The molecule has 0 aromatic heterocycles. The van der Waals surface area contributed by atoms with Gasteiger partial charge in [0.25, 0.3) is 0 Å². The van der Waals surface area contributed by atoms with Gasteiger partial charge in [-0.1, -0.05) is 29.8 Å². The first kappa shape index (κ1) is 24.1. The van der Waals surface area contributed by atoms with E-state index in [-0.39, 0.29) is 30.9 Å². The van der Waals surface area contributed by atoms with Gasteiger partial charge in [0, 0.05) is 34.0 Å². The molecule has 0 saturated heterocycles. The van der Waals surface area contributed by atoms with Gasteiger partial charge in [-0.3, -0.25) is 9.59 Å². The molecule has 172 valence electrons. The summed E-state index contributed by atoms with van der Waals surface area (Å²) in [6.07, 6.45) is -0.210. The Balaban J connectivity index is 1.69. The number of nitrogens with one attached hydrogen (secondary N) is 1. The Morgan fingerprint density at radius 1 is 1.03 bits per heavy atom. The molecule has 0 saturated carbocycles. The molecule has 0 aliphatic carbocycles. The third kappa shape index (κ3) is 5.28. The molecule has 8 nitrogen and oxygen atoms in total. The van der Waals surface area contributed by atoms with Crippen molar-refractivity contribution in [3.8, 4) is 11.8 Å². The Hall–Kier alpha value is -3.54. The Morgan fingerprint density at radius 2 is 1.70 bits per heavy atom. The number of para-hydroxylation sites is 3. The van der Waals surface area contributed by atoms with Crippen LogP contribution in [-0.4, -0.2) is 46.1 Å². The zero-order chi connectivity index (χ0) is 24.0. The van der Waals surface area contributed by atoms with Crippen LogP contribution in [0.2, 0.25) is 5.02 Å². The van der Waals surface area contributed by atoms with Crippen molar-refractivity contribution in [2.24, 2.45) is 0 Å². The molecule has 1 aliphatic rings. The fourth-order valence-electron chi connectivity index (χ4n) is 3.60. The van der Waals surface area contributed by atoms with Crippen LogP contribution < -0.4 is 19.9 Å². The second kappa shape index (κ2) is 10.9. The third-order valence-corrected chi connectivity index (χ3v) is 5.51. The highest BCUT2D eigenvalue weighted by atomic mass is 35.5. The first-order valence-electron chi connectivity index (χ1n) is 10.3. The fraction of sp³-hybridized carbons (Fsp3) is 0.292. The van der Waals surface area contributed by atoms with Gasteiger partial charge in [0.1, 0.15) is 24.1 Å². The number of carbonyl (C=O) groups is 2. The molecule has 0 spiro atoms. The number of ether oxygens (including phenoxy) is 2. The van der Waals surface area contributed by atoms with Gasteiger partial charge < -0.3 is 24.6 Å². The van der Waals surface area contributed by atoms with Crippen LogP contribution in [0, 0.1) is 11.3 Å². The number of rotatable bonds is 9. The number of ketones is 1. The number of methoxy groups -OCH3 is 1. The highest BCUT2D eigenvalue weighted by molar-refractivity contribution is 6.32. The zero-order valence-corrected chi connectivity index (χ0v) is 19.5. The number of nitrogens with zero attached hydrogens (tertiary/aromatic N) is 3. The number of benzene rings is 2. The van der Waals surface area contributed by atoms with Crippen molar-refractivity contribution in [3.05, 3.63) is 58.9 Å². The molecule has 1 heterocycles. The average Bonchev–Trinajstić information content (AvgIpc) is 3.05. The summed E-state index contributed by atoms with van der Waals surface area (Å²) in [5.41, 5.74) is 2.21. The van der Waals surface area contributed by atoms with Gasteiger partial charge in [0.15, 0.2) is 11.5 Å². The smallest absolute Gasteiger partial charge is 0.224 e. The number of allylic oxidation sites excluding steroid dienone is 1. The van der Waals surface area contributed by atoms with Crippen molar-refractivity contribution >= 4 is 40.4 Å². The molecule has 2 aromatic carbocycles. The number of amides is 1. The molecule has 1 aliphatic heterocycles. The Labute approximate surface area is 197 Å². The van der Waals surface area contributed by atoms with Crippen LogP contribution >= 0.6 is 11.6 Å². The SMILES string of the molecule is COCCOc1c(Cl)cccc1NC(=O)CCC(=O)C(C#N)=C1N(C)c2ccccc2N1C. The summed E-state index contributed by atoms with van der Waals surface area (Å²) in [4.78, 5) is 29.0. The molecule has 0 radical (unpaired) electrons. The lowest BCUT2D eigenvalue weighted by molar-refractivity contribution is -0.120. The molecule has 33 heavy (non-hydrogen) atoms. The molecule has 1 N–H and O–H groups in total. The maximum atomic E-state index is 12.9. The Kier molecular flexibility index (Phi) is 7.93. The Morgan fingerprint density at radius 3 is 2.30 bits per heavy atom. The average molecular weight is 469 g/mol. The van der Waals surface area contributed by atoms with E-state index >= 15 is 0 Å². The topological polar surface area (TPSA) is 94.9 Å². The summed E-state index contributed by atoms with van der Waals surface area (Å²) in [6, 6.07) is 14.7. The largest absolute Gasteiger partial charge is 0.487 e. The van der Waals surface area contributed by atoms with Crippen molar-refractivity contribution in [1.29, 1.82) is 5.26 Å². The first-order valence-corrected chi connectivity index (χ1v) is 10.7. The van der Waals surface area contributed by atoms with E-state index in [1.165, 1.54) is 0 Å².